The average molecular weight is 366 g/mol. The van der Waals surface area contributed by atoms with Crippen LogP contribution in [0.2, 0.25) is 0 Å². The summed E-state index contributed by atoms with van der Waals surface area (Å²) in [4.78, 5) is 15.1. The van der Waals surface area contributed by atoms with Crippen molar-refractivity contribution in [2.75, 3.05) is 13.7 Å². The standard InChI is InChI=1S/C24H31NO2/c1-3-21-14-22(15-23(21)24(26)18-27-2)25(16-19-10-6-4-7-11-19)17-20-12-8-5-9-13-20/h4-13,21-23H,3,14-18H2,1-2H3. The van der Waals surface area contributed by atoms with Gasteiger partial charge in [0, 0.05) is 32.2 Å². The van der Waals surface area contributed by atoms with Gasteiger partial charge in [0.1, 0.15) is 6.61 Å². The summed E-state index contributed by atoms with van der Waals surface area (Å²) in [5.41, 5.74) is 2.65. The molecule has 0 heterocycles. The summed E-state index contributed by atoms with van der Waals surface area (Å²) in [5.74, 6) is 0.868. The Morgan fingerprint density at radius 3 is 2.00 bits per heavy atom. The van der Waals surface area contributed by atoms with E-state index in [1.165, 1.54) is 11.1 Å². The van der Waals surface area contributed by atoms with Crippen LogP contribution in [0.1, 0.15) is 37.3 Å². The molecule has 144 valence electrons. The molecule has 3 rings (SSSR count). The highest BCUT2D eigenvalue weighted by molar-refractivity contribution is 5.82. The lowest BCUT2D eigenvalue weighted by Gasteiger charge is -2.29. The summed E-state index contributed by atoms with van der Waals surface area (Å²) in [6, 6.07) is 21.7. The van der Waals surface area contributed by atoms with Gasteiger partial charge >= 0.3 is 0 Å². The van der Waals surface area contributed by atoms with E-state index < -0.39 is 0 Å². The summed E-state index contributed by atoms with van der Waals surface area (Å²) in [6.45, 7) is 4.29. The van der Waals surface area contributed by atoms with E-state index in [2.05, 4.69) is 72.5 Å². The molecule has 3 nitrogen and oxygen atoms in total. The first-order valence-electron chi connectivity index (χ1n) is 10.0. The Morgan fingerprint density at radius 2 is 1.52 bits per heavy atom. The highest BCUT2D eigenvalue weighted by atomic mass is 16.5. The lowest BCUT2D eigenvalue weighted by atomic mass is 9.90. The molecule has 2 aromatic rings. The van der Waals surface area contributed by atoms with E-state index in [1.54, 1.807) is 7.11 Å². The van der Waals surface area contributed by atoms with E-state index in [0.717, 1.165) is 32.4 Å². The van der Waals surface area contributed by atoms with E-state index in [4.69, 9.17) is 4.74 Å². The molecule has 3 unspecified atom stereocenters. The molecule has 3 heteroatoms. The fraction of sp³-hybridized carbons (Fsp3) is 0.458. The molecule has 0 saturated heterocycles. The second kappa shape index (κ2) is 9.82. The number of ether oxygens (including phenoxy) is 1. The maximum atomic E-state index is 12.6. The molecular formula is C24H31NO2. The predicted molar refractivity (Wildman–Crippen MR) is 109 cm³/mol. The van der Waals surface area contributed by atoms with Gasteiger partial charge in [-0.3, -0.25) is 9.69 Å². The van der Waals surface area contributed by atoms with E-state index in [-0.39, 0.29) is 18.3 Å². The molecule has 0 radical (unpaired) electrons. The third kappa shape index (κ3) is 5.27. The fourth-order valence-electron chi connectivity index (χ4n) is 4.44. The topological polar surface area (TPSA) is 29.5 Å². The predicted octanol–water partition coefficient (Wildman–Crippen LogP) is 4.71. The molecule has 3 atom stereocenters. The van der Waals surface area contributed by atoms with Gasteiger partial charge in [-0.05, 0) is 29.9 Å². The molecule has 1 aliphatic rings. The number of rotatable bonds is 9. The Balaban J connectivity index is 1.78. The number of ketones is 1. The lowest BCUT2D eigenvalue weighted by molar-refractivity contribution is -0.127. The van der Waals surface area contributed by atoms with Gasteiger partial charge in [0.05, 0.1) is 0 Å². The molecule has 0 amide bonds. The van der Waals surface area contributed by atoms with Gasteiger partial charge < -0.3 is 4.74 Å². The van der Waals surface area contributed by atoms with E-state index in [0.29, 0.717) is 12.0 Å². The number of methoxy groups -OCH3 is 1. The molecule has 1 aliphatic carbocycles. The summed E-state index contributed by atoms with van der Waals surface area (Å²) in [7, 11) is 1.61. The molecule has 0 bridgehead atoms. The van der Waals surface area contributed by atoms with Gasteiger partial charge in [-0.25, -0.2) is 0 Å². The summed E-state index contributed by atoms with van der Waals surface area (Å²) in [6.07, 6.45) is 3.10. The molecule has 27 heavy (non-hydrogen) atoms. The van der Waals surface area contributed by atoms with Crippen LogP contribution in [0, 0.1) is 11.8 Å². The first-order chi connectivity index (χ1) is 13.2. The van der Waals surface area contributed by atoms with Gasteiger partial charge in [0.15, 0.2) is 5.78 Å². The molecule has 2 aromatic carbocycles. The van der Waals surface area contributed by atoms with Gasteiger partial charge in [-0.1, -0.05) is 74.0 Å². The number of benzene rings is 2. The van der Waals surface area contributed by atoms with E-state index in [9.17, 15) is 4.79 Å². The van der Waals surface area contributed by atoms with Crippen LogP contribution >= 0.6 is 0 Å². The van der Waals surface area contributed by atoms with Crippen molar-refractivity contribution < 1.29 is 9.53 Å². The molecular weight excluding hydrogens is 334 g/mol. The van der Waals surface area contributed by atoms with Crippen molar-refractivity contribution in [3.63, 3.8) is 0 Å². The summed E-state index contributed by atoms with van der Waals surface area (Å²) < 4.78 is 5.13. The lowest BCUT2D eigenvalue weighted by Crippen LogP contribution is -2.33. The van der Waals surface area contributed by atoms with E-state index in [1.807, 2.05) is 0 Å². The molecule has 0 N–H and O–H groups in total. The Bertz CT molecular complexity index is 659. The SMILES string of the molecule is CCC1CC(N(Cc2ccccc2)Cc2ccccc2)CC1C(=O)COC. The first kappa shape index (κ1) is 19.8. The minimum atomic E-state index is 0.133. The zero-order chi connectivity index (χ0) is 19.1. The number of carbonyl (C=O) groups excluding carboxylic acids is 1. The van der Waals surface area contributed by atoms with Crippen LogP contribution in [0.5, 0.6) is 0 Å². The quantitative estimate of drug-likeness (QED) is 0.644. The zero-order valence-electron chi connectivity index (χ0n) is 16.5. The minimum absolute atomic E-state index is 0.133. The maximum absolute atomic E-state index is 12.6. The third-order valence-corrected chi connectivity index (χ3v) is 5.87. The zero-order valence-corrected chi connectivity index (χ0v) is 16.5. The number of carbonyl (C=O) groups is 1. The van der Waals surface area contributed by atoms with Crippen molar-refractivity contribution in [3.05, 3.63) is 71.8 Å². The molecule has 0 spiro atoms. The molecule has 1 fully saturated rings. The second-order valence-corrected chi connectivity index (χ2v) is 7.68. The van der Waals surface area contributed by atoms with Crippen molar-refractivity contribution in [2.24, 2.45) is 11.8 Å². The summed E-state index contributed by atoms with van der Waals surface area (Å²) >= 11 is 0. The Morgan fingerprint density at radius 1 is 0.963 bits per heavy atom. The number of hydrogen-bond donors (Lipinski definition) is 0. The van der Waals surface area contributed by atoms with Crippen LogP contribution in [-0.4, -0.2) is 30.4 Å². The number of Topliss-reactive ketones (excluding diaryl/α,β-unsaturated/α-hetero) is 1. The fourth-order valence-corrected chi connectivity index (χ4v) is 4.44. The van der Waals surface area contributed by atoms with Crippen LogP contribution in [0.3, 0.4) is 0 Å². The number of hydrogen-bond acceptors (Lipinski definition) is 3. The van der Waals surface area contributed by atoms with Crippen molar-refractivity contribution in [1.82, 2.24) is 4.90 Å². The molecule has 0 aliphatic heterocycles. The Kier molecular flexibility index (Phi) is 7.19. The minimum Gasteiger partial charge on any atom is -0.377 e. The van der Waals surface area contributed by atoms with Crippen LogP contribution in [0.25, 0.3) is 0 Å². The molecule has 1 saturated carbocycles. The maximum Gasteiger partial charge on any atom is 0.161 e. The van der Waals surface area contributed by atoms with Crippen molar-refractivity contribution >= 4 is 5.78 Å². The number of nitrogens with zero attached hydrogens (tertiary/aromatic N) is 1. The van der Waals surface area contributed by atoms with E-state index >= 15 is 0 Å². The van der Waals surface area contributed by atoms with Gasteiger partial charge in [0.2, 0.25) is 0 Å². The van der Waals surface area contributed by atoms with Crippen LogP contribution in [0.15, 0.2) is 60.7 Å². The van der Waals surface area contributed by atoms with Crippen LogP contribution in [-0.2, 0) is 22.6 Å². The van der Waals surface area contributed by atoms with Gasteiger partial charge in [0.25, 0.3) is 0 Å². The highest BCUT2D eigenvalue weighted by Crippen LogP contribution is 2.38. The summed E-state index contributed by atoms with van der Waals surface area (Å²) in [5, 5.41) is 0. The highest BCUT2D eigenvalue weighted by Gasteiger charge is 2.39. The largest absolute Gasteiger partial charge is 0.377 e. The normalized spacial score (nSPS) is 22.3. The second-order valence-electron chi connectivity index (χ2n) is 7.68. The van der Waals surface area contributed by atoms with Gasteiger partial charge in [-0.15, -0.1) is 0 Å². The van der Waals surface area contributed by atoms with Crippen LogP contribution in [0.4, 0.5) is 0 Å². The first-order valence-corrected chi connectivity index (χ1v) is 10.0. The smallest absolute Gasteiger partial charge is 0.161 e. The molecule has 0 aromatic heterocycles. The van der Waals surface area contributed by atoms with Crippen molar-refractivity contribution in [3.8, 4) is 0 Å². The third-order valence-electron chi connectivity index (χ3n) is 5.87. The van der Waals surface area contributed by atoms with Gasteiger partial charge in [-0.2, -0.15) is 0 Å². The Labute approximate surface area is 163 Å². The van der Waals surface area contributed by atoms with Crippen molar-refractivity contribution in [1.29, 1.82) is 0 Å². The van der Waals surface area contributed by atoms with Crippen LogP contribution < -0.4 is 0 Å². The van der Waals surface area contributed by atoms with Crippen molar-refractivity contribution in [2.45, 2.75) is 45.3 Å². The Hall–Kier alpha value is -1.97. The monoisotopic (exact) mass is 365 g/mol. The average Bonchev–Trinajstić information content (AvgIpc) is 3.14.